The van der Waals surface area contributed by atoms with Crippen molar-refractivity contribution in [1.29, 1.82) is 0 Å². The molecule has 130 valence electrons. The van der Waals surface area contributed by atoms with Crippen molar-refractivity contribution in [1.82, 2.24) is 10.2 Å². The lowest BCUT2D eigenvalue weighted by Gasteiger charge is -2.21. The Balaban J connectivity index is 1.60. The first-order valence-electron chi connectivity index (χ1n) is 8.54. The Labute approximate surface area is 147 Å². The van der Waals surface area contributed by atoms with Crippen molar-refractivity contribution in [2.45, 2.75) is 32.4 Å². The molecule has 1 heterocycles. The van der Waals surface area contributed by atoms with Gasteiger partial charge < -0.3 is 16.0 Å². The number of aryl methyl sites for hydroxylation is 1. The number of primary amides is 1. The van der Waals surface area contributed by atoms with E-state index in [0.29, 0.717) is 19.5 Å². The summed E-state index contributed by atoms with van der Waals surface area (Å²) in [5.74, 6) is -0.140. The van der Waals surface area contributed by atoms with Gasteiger partial charge in [-0.1, -0.05) is 54.1 Å². The van der Waals surface area contributed by atoms with Crippen LogP contribution in [0.5, 0.6) is 0 Å². The number of carbonyl (C=O) groups excluding carboxylic acids is 2. The summed E-state index contributed by atoms with van der Waals surface area (Å²) in [6, 6.07) is 15.5. The van der Waals surface area contributed by atoms with E-state index in [0.717, 1.165) is 17.5 Å². The Kier molecular flexibility index (Phi) is 5.03. The van der Waals surface area contributed by atoms with E-state index in [1.165, 1.54) is 16.0 Å². The fourth-order valence-corrected chi connectivity index (χ4v) is 3.25. The molecule has 0 unspecified atom stereocenters. The van der Waals surface area contributed by atoms with Crippen LogP contribution in [0.4, 0.5) is 4.79 Å². The van der Waals surface area contributed by atoms with Gasteiger partial charge in [0.15, 0.2) is 0 Å². The molecule has 0 bridgehead atoms. The second kappa shape index (κ2) is 7.38. The van der Waals surface area contributed by atoms with Crippen molar-refractivity contribution in [2.75, 3.05) is 6.54 Å². The highest BCUT2D eigenvalue weighted by atomic mass is 16.2. The fraction of sp³-hybridized carbons (Fsp3) is 0.300. The van der Waals surface area contributed by atoms with Crippen LogP contribution in [-0.2, 0) is 11.3 Å². The lowest BCUT2D eigenvalue weighted by Crippen LogP contribution is -2.47. The van der Waals surface area contributed by atoms with Gasteiger partial charge in [0.25, 0.3) is 0 Å². The van der Waals surface area contributed by atoms with Gasteiger partial charge in [0.05, 0.1) is 0 Å². The van der Waals surface area contributed by atoms with E-state index in [4.69, 9.17) is 5.73 Å². The maximum Gasteiger partial charge on any atom is 0.315 e. The third-order valence-electron chi connectivity index (χ3n) is 4.61. The third-order valence-corrected chi connectivity index (χ3v) is 4.61. The number of nitrogens with two attached hydrogens (primary N) is 1. The number of urea groups is 1. The van der Waals surface area contributed by atoms with Gasteiger partial charge in [-0.2, -0.15) is 0 Å². The summed E-state index contributed by atoms with van der Waals surface area (Å²) in [7, 11) is 0. The molecule has 1 fully saturated rings. The number of carbonyl (C=O) groups is 2. The Morgan fingerprint density at radius 2 is 1.92 bits per heavy atom. The number of nitrogens with zero attached hydrogens (tertiary/aromatic N) is 1. The molecule has 0 saturated carbocycles. The number of hydrogen-bond donors (Lipinski definition) is 2. The van der Waals surface area contributed by atoms with Gasteiger partial charge in [0, 0.05) is 13.1 Å². The first-order chi connectivity index (χ1) is 12.0. The molecule has 3 N–H and O–H groups in total. The van der Waals surface area contributed by atoms with E-state index in [-0.39, 0.29) is 5.91 Å². The van der Waals surface area contributed by atoms with E-state index < -0.39 is 12.1 Å². The molecular formula is C20H23N3O2. The fourth-order valence-electron chi connectivity index (χ4n) is 3.25. The number of likely N-dealkylation sites (tertiary alicyclic amines) is 1. The van der Waals surface area contributed by atoms with Crippen LogP contribution in [0.25, 0.3) is 11.1 Å². The Morgan fingerprint density at radius 3 is 2.60 bits per heavy atom. The van der Waals surface area contributed by atoms with E-state index in [2.05, 4.69) is 42.6 Å². The van der Waals surface area contributed by atoms with Crippen LogP contribution in [0, 0.1) is 6.92 Å². The summed E-state index contributed by atoms with van der Waals surface area (Å²) in [6.07, 6.45) is 1.48. The summed E-state index contributed by atoms with van der Waals surface area (Å²) in [5.41, 5.74) is 9.90. The van der Waals surface area contributed by atoms with Crippen molar-refractivity contribution < 1.29 is 9.59 Å². The van der Waals surface area contributed by atoms with Crippen LogP contribution in [-0.4, -0.2) is 29.4 Å². The Bertz CT molecular complexity index is 771. The zero-order valence-corrected chi connectivity index (χ0v) is 14.4. The monoisotopic (exact) mass is 337 g/mol. The van der Waals surface area contributed by atoms with E-state index >= 15 is 0 Å². The largest absolute Gasteiger partial charge is 0.351 e. The molecule has 25 heavy (non-hydrogen) atoms. The van der Waals surface area contributed by atoms with Gasteiger partial charge in [0.2, 0.25) is 5.91 Å². The molecular weight excluding hydrogens is 314 g/mol. The number of nitrogens with one attached hydrogen (secondary N) is 1. The molecule has 5 heteroatoms. The third kappa shape index (κ3) is 3.99. The zero-order valence-electron chi connectivity index (χ0n) is 14.4. The van der Waals surface area contributed by atoms with Crippen LogP contribution in [0.3, 0.4) is 0 Å². The van der Waals surface area contributed by atoms with Crippen molar-refractivity contribution >= 4 is 11.9 Å². The molecule has 1 aliphatic rings. The van der Waals surface area contributed by atoms with Crippen LogP contribution < -0.4 is 11.1 Å². The number of hydrogen-bond acceptors (Lipinski definition) is 2. The van der Waals surface area contributed by atoms with Crippen molar-refractivity contribution in [2.24, 2.45) is 5.73 Å². The molecule has 2 aromatic rings. The topological polar surface area (TPSA) is 75.4 Å². The van der Waals surface area contributed by atoms with Crippen LogP contribution >= 0.6 is 0 Å². The van der Waals surface area contributed by atoms with Gasteiger partial charge in [-0.25, -0.2) is 4.79 Å². The van der Waals surface area contributed by atoms with Gasteiger partial charge in [-0.05, 0) is 36.5 Å². The van der Waals surface area contributed by atoms with Gasteiger partial charge in [-0.3, -0.25) is 4.79 Å². The summed E-state index contributed by atoms with van der Waals surface area (Å²) in [6.45, 7) is 3.07. The highest BCUT2D eigenvalue weighted by Gasteiger charge is 2.32. The molecule has 3 amide bonds. The van der Waals surface area contributed by atoms with Crippen LogP contribution in [0.1, 0.15) is 24.0 Å². The predicted octanol–water partition coefficient (Wildman–Crippen LogP) is 2.82. The molecule has 0 spiro atoms. The van der Waals surface area contributed by atoms with E-state index in [9.17, 15) is 9.59 Å². The molecule has 1 saturated heterocycles. The van der Waals surface area contributed by atoms with Crippen molar-refractivity contribution in [3.63, 3.8) is 0 Å². The number of amides is 3. The molecule has 0 radical (unpaired) electrons. The highest BCUT2D eigenvalue weighted by molar-refractivity contribution is 5.87. The summed E-state index contributed by atoms with van der Waals surface area (Å²) >= 11 is 0. The quantitative estimate of drug-likeness (QED) is 0.900. The SMILES string of the molecule is Cc1cccc(-c2ccc(CNC(=O)[C@@H]3CCCN3C(N)=O)cc2)c1. The van der Waals surface area contributed by atoms with Crippen molar-refractivity contribution in [3.05, 3.63) is 59.7 Å². The van der Waals surface area contributed by atoms with E-state index in [1.807, 2.05) is 18.2 Å². The minimum Gasteiger partial charge on any atom is -0.351 e. The Hall–Kier alpha value is -2.82. The summed E-state index contributed by atoms with van der Waals surface area (Å²) in [5, 5.41) is 2.91. The summed E-state index contributed by atoms with van der Waals surface area (Å²) < 4.78 is 0. The lowest BCUT2D eigenvalue weighted by molar-refractivity contribution is -0.124. The average molecular weight is 337 g/mol. The molecule has 1 aliphatic heterocycles. The van der Waals surface area contributed by atoms with Crippen LogP contribution in [0.2, 0.25) is 0 Å². The normalized spacial score (nSPS) is 16.7. The molecule has 3 rings (SSSR count). The standard InChI is InChI=1S/C20H23N3O2/c1-14-4-2-5-17(12-14)16-9-7-15(8-10-16)13-22-19(24)18-6-3-11-23(18)20(21)25/h2,4-5,7-10,12,18H,3,6,11,13H2,1H3,(H2,21,25)(H,22,24)/t18-/m0/s1. The Morgan fingerprint density at radius 1 is 1.16 bits per heavy atom. The second-order valence-electron chi connectivity index (χ2n) is 6.47. The smallest absolute Gasteiger partial charge is 0.315 e. The van der Waals surface area contributed by atoms with Crippen LogP contribution in [0.15, 0.2) is 48.5 Å². The highest BCUT2D eigenvalue weighted by Crippen LogP contribution is 2.21. The maximum absolute atomic E-state index is 12.3. The van der Waals surface area contributed by atoms with Gasteiger partial charge in [0.1, 0.15) is 6.04 Å². The minimum absolute atomic E-state index is 0.140. The molecule has 2 aromatic carbocycles. The maximum atomic E-state index is 12.3. The number of rotatable bonds is 4. The molecule has 5 nitrogen and oxygen atoms in total. The van der Waals surface area contributed by atoms with Gasteiger partial charge in [-0.15, -0.1) is 0 Å². The first kappa shape index (κ1) is 17.0. The molecule has 0 aliphatic carbocycles. The second-order valence-corrected chi connectivity index (χ2v) is 6.47. The lowest BCUT2D eigenvalue weighted by atomic mass is 10.0. The minimum atomic E-state index is -0.528. The zero-order chi connectivity index (χ0) is 17.8. The summed E-state index contributed by atoms with van der Waals surface area (Å²) in [4.78, 5) is 25.1. The van der Waals surface area contributed by atoms with Crippen molar-refractivity contribution in [3.8, 4) is 11.1 Å². The molecule has 1 atom stereocenters. The average Bonchev–Trinajstić information content (AvgIpc) is 3.10. The predicted molar refractivity (Wildman–Crippen MR) is 97.8 cm³/mol. The van der Waals surface area contributed by atoms with Gasteiger partial charge >= 0.3 is 6.03 Å². The van der Waals surface area contributed by atoms with E-state index in [1.54, 1.807) is 0 Å². The first-order valence-corrected chi connectivity index (χ1v) is 8.54. The number of benzene rings is 2. The molecule has 0 aromatic heterocycles.